The molecule has 86 valence electrons. The van der Waals surface area contributed by atoms with E-state index in [4.69, 9.17) is 4.74 Å². The summed E-state index contributed by atoms with van der Waals surface area (Å²) in [5.41, 5.74) is 0. The van der Waals surface area contributed by atoms with Crippen LogP contribution in [0.2, 0.25) is 0 Å². The molecule has 1 aromatic rings. The predicted molar refractivity (Wildman–Crippen MR) is 63.8 cm³/mol. The van der Waals surface area contributed by atoms with Crippen LogP contribution in [0.1, 0.15) is 10.6 Å². The van der Waals surface area contributed by atoms with E-state index < -0.39 is 10.0 Å². The highest BCUT2D eigenvalue weighted by Gasteiger charge is 2.04. The van der Waals surface area contributed by atoms with Crippen molar-refractivity contribution in [2.24, 2.45) is 0 Å². The van der Waals surface area contributed by atoms with E-state index in [9.17, 15) is 4.79 Å². The van der Waals surface area contributed by atoms with Crippen LogP contribution in [0.25, 0.3) is 0 Å². The third-order valence-electron chi connectivity index (χ3n) is 1.92. The van der Waals surface area contributed by atoms with Crippen molar-refractivity contribution in [1.82, 2.24) is 9.55 Å². The molecule has 0 spiro atoms. The second-order valence-corrected chi connectivity index (χ2v) is 8.80. The van der Waals surface area contributed by atoms with Gasteiger partial charge in [0.05, 0.1) is 6.61 Å². The molecule has 0 saturated carbocycles. The van der Waals surface area contributed by atoms with Crippen molar-refractivity contribution in [3.05, 3.63) is 18.2 Å². The van der Waals surface area contributed by atoms with E-state index in [1.165, 1.54) is 0 Å². The third-order valence-corrected chi connectivity index (χ3v) is 3.31. The lowest BCUT2D eigenvalue weighted by Gasteiger charge is -2.24. The maximum atomic E-state index is 10.5. The maximum Gasteiger partial charge on any atom is 0.185 e. The number of ether oxygens (including phenoxy) is 1. The van der Waals surface area contributed by atoms with Crippen LogP contribution in [-0.2, 0) is 11.5 Å². The van der Waals surface area contributed by atoms with Gasteiger partial charge >= 0.3 is 0 Å². The minimum Gasteiger partial charge on any atom is -0.360 e. The maximum absolute atomic E-state index is 10.5. The monoisotopic (exact) mass is 230 g/mol. The summed E-state index contributed by atoms with van der Waals surface area (Å²) < 4.78 is 7.18. The highest BCUT2D eigenvalue weighted by molar-refractivity contribution is 8.32. The number of aromatic nitrogens is 2. The zero-order valence-electron chi connectivity index (χ0n) is 9.47. The van der Waals surface area contributed by atoms with Crippen LogP contribution in [0.15, 0.2) is 12.4 Å². The molecule has 0 atom stereocenters. The van der Waals surface area contributed by atoms with Gasteiger partial charge in [0, 0.05) is 18.1 Å². The number of hydrogen-bond acceptors (Lipinski definition) is 3. The zero-order valence-corrected chi connectivity index (χ0v) is 10.3. The first-order chi connectivity index (χ1) is 7.03. The molecule has 5 heteroatoms. The van der Waals surface area contributed by atoms with Crippen LogP contribution in [0.4, 0.5) is 0 Å². The Hall–Kier alpha value is -0.810. The summed E-state index contributed by atoms with van der Waals surface area (Å²) >= 11 is 0. The summed E-state index contributed by atoms with van der Waals surface area (Å²) in [6, 6.07) is 0. The predicted octanol–water partition coefficient (Wildman–Crippen LogP) is 1.36. The fourth-order valence-electron chi connectivity index (χ4n) is 1.02. The van der Waals surface area contributed by atoms with Crippen LogP contribution in [0.5, 0.6) is 0 Å². The van der Waals surface area contributed by atoms with Crippen molar-refractivity contribution in [3.63, 3.8) is 0 Å². The van der Waals surface area contributed by atoms with Crippen LogP contribution in [-0.4, -0.2) is 47.0 Å². The molecule has 15 heavy (non-hydrogen) atoms. The van der Waals surface area contributed by atoms with Crippen molar-refractivity contribution in [3.8, 4) is 0 Å². The van der Waals surface area contributed by atoms with Gasteiger partial charge in [0.15, 0.2) is 12.1 Å². The number of nitrogens with zero attached hydrogens (tertiary/aromatic N) is 2. The molecule has 0 unspecified atom stereocenters. The molecule has 0 radical (unpaired) electrons. The molecule has 0 N–H and O–H groups in total. The second kappa shape index (κ2) is 5.32. The average molecular weight is 230 g/mol. The third kappa shape index (κ3) is 4.48. The Balaban J connectivity index is 2.29. The van der Waals surface area contributed by atoms with Crippen LogP contribution in [0, 0.1) is 0 Å². The van der Waals surface area contributed by atoms with Gasteiger partial charge in [-0.3, -0.25) is 4.79 Å². The van der Waals surface area contributed by atoms with E-state index in [1.807, 2.05) is 0 Å². The fraction of sp³-hybridized carbons (Fsp3) is 0.600. The topological polar surface area (TPSA) is 44.1 Å². The minimum atomic E-state index is -0.500. The molecule has 0 aromatic carbocycles. The number of hydrogen-bond donors (Lipinski definition) is 0. The Morgan fingerprint density at radius 3 is 2.87 bits per heavy atom. The first kappa shape index (κ1) is 12.3. The number of aldehydes is 1. The Morgan fingerprint density at radius 1 is 1.53 bits per heavy atom. The van der Waals surface area contributed by atoms with E-state index in [0.717, 1.165) is 18.6 Å². The molecule has 1 heterocycles. The van der Waals surface area contributed by atoms with Crippen LogP contribution < -0.4 is 0 Å². The average Bonchev–Trinajstić information content (AvgIpc) is 2.58. The molecule has 1 aromatic heterocycles. The van der Waals surface area contributed by atoms with Crippen molar-refractivity contribution in [1.29, 1.82) is 0 Å². The lowest BCUT2D eigenvalue weighted by molar-refractivity contribution is 0.0853. The van der Waals surface area contributed by atoms with Crippen molar-refractivity contribution in [2.45, 2.75) is 6.73 Å². The molecule has 0 amide bonds. The van der Waals surface area contributed by atoms with E-state index in [0.29, 0.717) is 12.6 Å². The van der Waals surface area contributed by atoms with Crippen molar-refractivity contribution < 1.29 is 9.53 Å². The fourth-order valence-corrected chi connectivity index (χ4v) is 1.64. The highest BCUT2D eigenvalue weighted by atomic mass is 32.3. The van der Waals surface area contributed by atoms with Gasteiger partial charge in [0.25, 0.3) is 0 Å². The van der Waals surface area contributed by atoms with Gasteiger partial charge in [-0.1, -0.05) is 0 Å². The first-order valence-corrected chi connectivity index (χ1v) is 7.76. The molecule has 0 aliphatic carbocycles. The molecule has 0 saturated heterocycles. The van der Waals surface area contributed by atoms with E-state index in [-0.39, 0.29) is 0 Å². The Kier molecular flexibility index (Phi) is 4.35. The number of rotatable bonds is 6. The Morgan fingerprint density at radius 2 is 2.27 bits per heavy atom. The van der Waals surface area contributed by atoms with Crippen LogP contribution >= 0.6 is 10.0 Å². The van der Waals surface area contributed by atoms with Gasteiger partial charge in [-0.25, -0.2) is 15.0 Å². The molecular formula is C10H18N2O2S. The lowest BCUT2D eigenvalue weighted by Crippen LogP contribution is -2.11. The first-order valence-electron chi connectivity index (χ1n) is 4.73. The molecule has 0 bridgehead atoms. The van der Waals surface area contributed by atoms with Crippen molar-refractivity contribution >= 4 is 16.3 Å². The van der Waals surface area contributed by atoms with Crippen molar-refractivity contribution in [2.75, 3.05) is 31.1 Å². The molecule has 0 aliphatic rings. The standard InChI is InChI=1S/C10H18N2O2S/c1-15(2,3)7-6-14-9-12-5-4-11-10(12)8-13/h4-5,8H,6-7,9H2,1-3H3. The summed E-state index contributed by atoms with van der Waals surface area (Å²) in [5, 5.41) is 0. The summed E-state index contributed by atoms with van der Waals surface area (Å²) in [4.78, 5) is 14.4. The van der Waals surface area contributed by atoms with Gasteiger partial charge in [0.1, 0.15) is 6.73 Å². The Bertz CT molecular complexity index is 317. The zero-order chi connectivity index (χ0) is 11.3. The number of carbonyl (C=O) groups excluding carboxylic acids is 1. The molecule has 1 rings (SSSR count). The summed E-state index contributed by atoms with van der Waals surface area (Å²) in [5.74, 6) is 1.50. The summed E-state index contributed by atoms with van der Waals surface area (Å²) in [6.45, 7) is 1.14. The summed E-state index contributed by atoms with van der Waals surface area (Å²) in [7, 11) is -0.500. The largest absolute Gasteiger partial charge is 0.360 e. The minimum absolute atomic E-state index is 0.406. The quantitative estimate of drug-likeness (QED) is 0.547. The number of carbonyl (C=O) groups is 1. The molecule has 4 nitrogen and oxygen atoms in total. The van der Waals surface area contributed by atoms with E-state index in [1.54, 1.807) is 17.0 Å². The lowest BCUT2D eigenvalue weighted by atomic mass is 10.7. The molecule has 0 fully saturated rings. The van der Waals surface area contributed by atoms with E-state index in [2.05, 4.69) is 23.8 Å². The normalized spacial score (nSPS) is 12.7. The number of imidazole rings is 1. The summed E-state index contributed by atoms with van der Waals surface area (Å²) in [6.07, 6.45) is 10.8. The highest BCUT2D eigenvalue weighted by Crippen LogP contribution is 2.33. The van der Waals surface area contributed by atoms with Gasteiger partial charge in [0.2, 0.25) is 0 Å². The van der Waals surface area contributed by atoms with Gasteiger partial charge in [-0.05, 0) is 18.8 Å². The second-order valence-electron chi connectivity index (χ2n) is 4.21. The van der Waals surface area contributed by atoms with E-state index >= 15 is 0 Å². The van der Waals surface area contributed by atoms with Gasteiger partial charge in [-0.2, -0.15) is 0 Å². The Labute approximate surface area is 92.0 Å². The molecular weight excluding hydrogens is 212 g/mol. The smallest absolute Gasteiger partial charge is 0.185 e. The van der Waals surface area contributed by atoms with Gasteiger partial charge in [-0.15, -0.1) is 0 Å². The van der Waals surface area contributed by atoms with Gasteiger partial charge < -0.3 is 9.30 Å². The molecule has 0 aliphatic heterocycles. The van der Waals surface area contributed by atoms with Crippen LogP contribution in [0.3, 0.4) is 0 Å². The SMILES string of the molecule is CS(C)(C)CCOCn1ccnc1C=O.